The minimum Gasteiger partial charge on any atom is -0.309 e. The largest absolute Gasteiger partial charge is 0.309 e. The van der Waals surface area contributed by atoms with Crippen molar-refractivity contribution < 1.29 is 4.39 Å². The molecule has 0 fully saturated rings. The van der Waals surface area contributed by atoms with Crippen molar-refractivity contribution in [2.75, 3.05) is 7.05 Å². The fraction of sp³-hybridized carbons (Fsp3) is 0.214. The first-order valence-electron chi connectivity index (χ1n) is 5.55. The van der Waals surface area contributed by atoms with Crippen LogP contribution in [0.1, 0.15) is 22.7 Å². The van der Waals surface area contributed by atoms with Crippen molar-refractivity contribution in [2.24, 2.45) is 0 Å². The standard InChI is InChI=1S/C14H15FN2/c1-10-8-11(5-6-13(10)15)14(16-2)12-4-3-7-17-9-12/h3-9,14,16H,1-2H3. The minimum atomic E-state index is -0.171. The molecule has 0 aliphatic heterocycles. The lowest BCUT2D eigenvalue weighted by Gasteiger charge is -2.17. The highest BCUT2D eigenvalue weighted by Crippen LogP contribution is 2.22. The lowest BCUT2D eigenvalue weighted by Crippen LogP contribution is -2.18. The molecule has 0 saturated carbocycles. The highest BCUT2D eigenvalue weighted by atomic mass is 19.1. The molecule has 1 aromatic carbocycles. The quantitative estimate of drug-likeness (QED) is 0.877. The smallest absolute Gasteiger partial charge is 0.126 e. The number of pyridine rings is 1. The molecule has 0 saturated heterocycles. The van der Waals surface area contributed by atoms with Crippen LogP contribution in [-0.4, -0.2) is 12.0 Å². The highest BCUT2D eigenvalue weighted by molar-refractivity contribution is 5.33. The third-order valence-electron chi connectivity index (χ3n) is 2.82. The van der Waals surface area contributed by atoms with Crippen LogP contribution in [0.3, 0.4) is 0 Å². The SMILES string of the molecule is CNC(c1cccnc1)c1ccc(F)c(C)c1. The molecule has 1 unspecified atom stereocenters. The lowest BCUT2D eigenvalue weighted by molar-refractivity contribution is 0.614. The minimum absolute atomic E-state index is 0.0444. The van der Waals surface area contributed by atoms with Crippen molar-refractivity contribution in [1.29, 1.82) is 0 Å². The van der Waals surface area contributed by atoms with Crippen molar-refractivity contribution in [3.63, 3.8) is 0 Å². The average Bonchev–Trinajstić information content (AvgIpc) is 2.36. The van der Waals surface area contributed by atoms with Crippen molar-refractivity contribution >= 4 is 0 Å². The van der Waals surface area contributed by atoms with Gasteiger partial charge in [-0.15, -0.1) is 0 Å². The number of benzene rings is 1. The van der Waals surface area contributed by atoms with E-state index in [0.717, 1.165) is 11.1 Å². The summed E-state index contributed by atoms with van der Waals surface area (Å²) >= 11 is 0. The van der Waals surface area contributed by atoms with Gasteiger partial charge in [0, 0.05) is 12.4 Å². The first-order chi connectivity index (χ1) is 8.22. The Labute approximate surface area is 101 Å². The molecule has 1 N–H and O–H groups in total. The molecule has 0 amide bonds. The Morgan fingerprint density at radius 2 is 2.06 bits per heavy atom. The number of hydrogen-bond donors (Lipinski definition) is 1. The van der Waals surface area contributed by atoms with Gasteiger partial charge >= 0.3 is 0 Å². The third kappa shape index (κ3) is 2.50. The third-order valence-corrected chi connectivity index (χ3v) is 2.82. The number of nitrogens with one attached hydrogen (secondary N) is 1. The van der Waals surface area contributed by atoms with E-state index in [2.05, 4.69) is 10.3 Å². The van der Waals surface area contributed by atoms with Crippen molar-refractivity contribution in [3.8, 4) is 0 Å². The average molecular weight is 230 g/mol. The number of aryl methyl sites for hydroxylation is 1. The summed E-state index contributed by atoms with van der Waals surface area (Å²) in [5.41, 5.74) is 2.77. The Hall–Kier alpha value is -1.74. The predicted molar refractivity (Wildman–Crippen MR) is 66.3 cm³/mol. The van der Waals surface area contributed by atoms with E-state index in [1.165, 1.54) is 6.07 Å². The van der Waals surface area contributed by atoms with Gasteiger partial charge in [-0.2, -0.15) is 0 Å². The topological polar surface area (TPSA) is 24.9 Å². The van der Waals surface area contributed by atoms with Crippen LogP contribution in [0.4, 0.5) is 4.39 Å². The molecule has 0 bridgehead atoms. The maximum Gasteiger partial charge on any atom is 0.126 e. The predicted octanol–water partition coefficient (Wildman–Crippen LogP) is 2.84. The molecule has 2 rings (SSSR count). The van der Waals surface area contributed by atoms with E-state index in [4.69, 9.17) is 0 Å². The van der Waals surface area contributed by atoms with Crippen LogP contribution < -0.4 is 5.32 Å². The van der Waals surface area contributed by atoms with Gasteiger partial charge in [-0.05, 0) is 42.8 Å². The summed E-state index contributed by atoms with van der Waals surface area (Å²) in [7, 11) is 1.89. The summed E-state index contributed by atoms with van der Waals surface area (Å²) in [6, 6.07) is 9.12. The van der Waals surface area contributed by atoms with Gasteiger partial charge in [-0.1, -0.05) is 18.2 Å². The molecule has 3 heteroatoms. The zero-order chi connectivity index (χ0) is 12.3. The molecule has 0 aliphatic carbocycles. The van der Waals surface area contributed by atoms with E-state index >= 15 is 0 Å². The van der Waals surface area contributed by atoms with Gasteiger partial charge in [0.05, 0.1) is 6.04 Å². The van der Waals surface area contributed by atoms with E-state index in [1.54, 1.807) is 19.2 Å². The fourth-order valence-corrected chi connectivity index (χ4v) is 1.92. The van der Waals surface area contributed by atoms with Crippen LogP contribution in [-0.2, 0) is 0 Å². The number of hydrogen-bond acceptors (Lipinski definition) is 2. The van der Waals surface area contributed by atoms with E-state index in [1.807, 2.05) is 31.4 Å². The summed E-state index contributed by atoms with van der Waals surface area (Å²) in [5, 5.41) is 3.22. The molecule has 1 atom stereocenters. The second kappa shape index (κ2) is 5.06. The Balaban J connectivity index is 2.39. The zero-order valence-corrected chi connectivity index (χ0v) is 9.94. The number of rotatable bonds is 3. The van der Waals surface area contributed by atoms with Gasteiger partial charge in [0.15, 0.2) is 0 Å². The maximum atomic E-state index is 13.2. The second-order valence-corrected chi connectivity index (χ2v) is 4.02. The van der Waals surface area contributed by atoms with Gasteiger partial charge in [-0.25, -0.2) is 4.39 Å². The second-order valence-electron chi connectivity index (χ2n) is 4.02. The molecule has 1 aromatic heterocycles. The molecule has 88 valence electrons. The highest BCUT2D eigenvalue weighted by Gasteiger charge is 2.12. The summed E-state index contributed by atoms with van der Waals surface area (Å²) in [5.74, 6) is -0.171. The normalized spacial score (nSPS) is 12.4. The maximum absolute atomic E-state index is 13.2. The van der Waals surface area contributed by atoms with Crippen LogP contribution in [0.2, 0.25) is 0 Å². The van der Waals surface area contributed by atoms with Gasteiger partial charge in [-0.3, -0.25) is 4.98 Å². The summed E-state index contributed by atoms with van der Waals surface area (Å²) in [4.78, 5) is 4.10. The van der Waals surface area contributed by atoms with E-state index < -0.39 is 0 Å². The molecule has 2 aromatic rings. The number of aromatic nitrogens is 1. The monoisotopic (exact) mass is 230 g/mol. The molecule has 2 nitrogen and oxygen atoms in total. The Morgan fingerprint density at radius 3 is 2.65 bits per heavy atom. The zero-order valence-electron chi connectivity index (χ0n) is 9.94. The Morgan fingerprint density at radius 1 is 1.24 bits per heavy atom. The molecule has 1 heterocycles. The number of nitrogens with zero attached hydrogens (tertiary/aromatic N) is 1. The van der Waals surface area contributed by atoms with E-state index in [-0.39, 0.29) is 11.9 Å². The molecule has 0 aliphatic rings. The molecular weight excluding hydrogens is 215 g/mol. The summed E-state index contributed by atoms with van der Waals surface area (Å²) < 4.78 is 13.2. The van der Waals surface area contributed by atoms with Crippen LogP contribution in [0.25, 0.3) is 0 Å². The molecule has 0 radical (unpaired) electrons. The van der Waals surface area contributed by atoms with Gasteiger partial charge in [0.25, 0.3) is 0 Å². The van der Waals surface area contributed by atoms with Crippen LogP contribution in [0, 0.1) is 12.7 Å². The first-order valence-corrected chi connectivity index (χ1v) is 5.55. The Kier molecular flexibility index (Phi) is 3.49. The first kappa shape index (κ1) is 11.7. The number of halogens is 1. The molecule has 0 spiro atoms. The Bertz CT molecular complexity index is 497. The van der Waals surface area contributed by atoms with Gasteiger partial charge in [0.1, 0.15) is 5.82 Å². The van der Waals surface area contributed by atoms with Crippen molar-refractivity contribution in [2.45, 2.75) is 13.0 Å². The van der Waals surface area contributed by atoms with Crippen molar-refractivity contribution in [3.05, 3.63) is 65.2 Å². The van der Waals surface area contributed by atoms with Crippen LogP contribution >= 0.6 is 0 Å². The van der Waals surface area contributed by atoms with E-state index in [0.29, 0.717) is 5.56 Å². The van der Waals surface area contributed by atoms with Gasteiger partial charge < -0.3 is 5.32 Å². The lowest BCUT2D eigenvalue weighted by atomic mass is 9.99. The molecular formula is C14H15FN2. The fourth-order valence-electron chi connectivity index (χ4n) is 1.92. The van der Waals surface area contributed by atoms with Crippen molar-refractivity contribution in [1.82, 2.24) is 10.3 Å². The van der Waals surface area contributed by atoms with Gasteiger partial charge in [0.2, 0.25) is 0 Å². The summed E-state index contributed by atoms with van der Waals surface area (Å²) in [6.45, 7) is 1.77. The molecule has 17 heavy (non-hydrogen) atoms. The van der Waals surface area contributed by atoms with Crippen LogP contribution in [0.5, 0.6) is 0 Å². The van der Waals surface area contributed by atoms with Crippen LogP contribution in [0.15, 0.2) is 42.7 Å². The summed E-state index contributed by atoms with van der Waals surface area (Å²) in [6.07, 6.45) is 3.56. The van der Waals surface area contributed by atoms with E-state index in [9.17, 15) is 4.39 Å².